The Morgan fingerprint density at radius 2 is 1.91 bits per heavy atom. The van der Waals surface area contributed by atoms with Crippen LogP contribution in [-0.4, -0.2) is 5.91 Å². The van der Waals surface area contributed by atoms with Gasteiger partial charge in [-0.15, -0.1) is 12.4 Å². The quantitative estimate of drug-likeness (QED) is 0.834. The van der Waals surface area contributed by atoms with Crippen molar-refractivity contribution in [3.63, 3.8) is 0 Å². The Labute approximate surface area is 142 Å². The molecule has 2 rings (SSSR count). The molecular weight excluding hydrogens is 310 g/mol. The molecule has 3 N–H and O–H groups in total. The summed E-state index contributed by atoms with van der Waals surface area (Å²) in [5.41, 5.74) is 8.79. The molecule has 0 atom stereocenters. The summed E-state index contributed by atoms with van der Waals surface area (Å²) in [5, 5.41) is 12.0. The maximum absolute atomic E-state index is 12.3. The smallest absolute Gasteiger partial charge is 0.255 e. The fourth-order valence-electron chi connectivity index (χ4n) is 2.04. The van der Waals surface area contributed by atoms with E-state index in [0.717, 1.165) is 11.1 Å². The molecule has 0 heterocycles. The lowest BCUT2D eigenvalue weighted by Gasteiger charge is -2.16. The highest BCUT2D eigenvalue weighted by molar-refractivity contribution is 6.04. The van der Waals surface area contributed by atoms with Crippen molar-refractivity contribution >= 4 is 29.7 Å². The zero-order valence-electron chi connectivity index (χ0n) is 13.4. The van der Waals surface area contributed by atoms with Crippen LogP contribution in [0.5, 0.6) is 0 Å². The summed E-state index contributed by atoms with van der Waals surface area (Å²) in [6.07, 6.45) is 0. The van der Waals surface area contributed by atoms with E-state index in [1.807, 2.05) is 39.0 Å². The van der Waals surface area contributed by atoms with E-state index in [1.54, 1.807) is 24.3 Å². The fourth-order valence-corrected chi connectivity index (χ4v) is 2.04. The lowest BCUT2D eigenvalue weighted by atomic mass is 9.85. The molecule has 0 aromatic heterocycles. The van der Waals surface area contributed by atoms with E-state index in [9.17, 15) is 10.1 Å². The number of nitrogens with zero attached hydrogens (tertiary/aromatic N) is 1. The van der Waals surface area contributed by atoms with Gasteiger partial charge >= 0.3 is 0 Å². The van der Waals surface area contributed by atoms with Crippen molar-refractivity contribution < 1.29 is 4.79 Å². The lowest BCUT2D eigenvalue weighted by molar-refractivity contribution is 0.102. The van der Waals surface area contributed by atoms with Crippen LogP contribution >= 0.6 is 12.4 Å². The first kappa shape index (κ1) is 18.5. The number of carbonyl (C=O) groups is 1. The van der Waals surface area contributed by atoms with E-state index in [4.69, 9.17) is 5.73 Å². The van der Waals surface area contributed by atoms with Gasteiger partial charge in [0.2, 0.25) is 0 Å². The van der Waals surface area contributed by atoms with Crippen LogP contribution in [0.15, 0.2) is 42.5 Å². The summed E-state index contributed by atoms with van der Waals surface area (Å²) in [7, 11) is 0. The molecule has 2 aromatic rings. The molecule has 2 aromatic carbocycles. The summed E-state index contributed by atoms with van der Waals surface area (Å²) in [6.45, 7) is 5.56. The molecule has 5 heteroatoms. The highest BCUT2D eigenvalue weighted by Gasteiger charge is 2.20. The van der Waals surface area contributed by atoms with Crippen LogP contribution in [0, 0.1) is 18.3 Å². The summed E-state index contributed by atoms with van der Waals surface area (Å²) >= 11 is 0. The first-order valence-electron chi connectivity index (χ1n) is 7.03. The largest absolute Gasteiger partial charge is 0.398 e. The fraction of sp³-hybridized carbons (Fsp3) is 0.222. The second kappa shape index (κ2) is 7.17. The van der Waals surface area contributed by atoms with Crippen LogP contribution in [0.2, 0.25) is 0 Å². The third-order valence-electron chi connectivity index (χ3n) is 3.66. The molecule has 0 aliphatic heterocycles. The van der Waals surface area contributed by atoms with Crippen LogP contribution in [0.3, 0.4) is 0 Å². The first-order valence-corrected chi connectivity index (χ1v) is 7.03. The average Bonchev–Trinajstić information content (AvgIpc) is 2.51. The third kappa shape index (κ3) is 4.24. The second-order valence-electron chi connectivity index (χ2n) is 5.84. The van der Waals surface area contributed by atoms with E-state index >= 15 is 0 Å². The van der Waals surface area contributed by atoms with Gasteiger partial charge < -0.3 is 11.1 Å². The van der Waals surface area contributed by atoms with Crippen LogP contribution in [0.25, 0.3) is 0 Å². The normalized spacial score (nSPS) is 10.3. The lowest BCUT2D eigenvalue weighted by Crippen LogP contribution is -2.17. The number of nitriles is 1. The summed E-state index contributed by atoms with van der Waals surface area (Å²) in [6, 6.07) is 14.8. The van der Waals surface area contributed by atoms with E-state index in [-0.39, 0.29) is 18.3 Å². The van der Waals surface area contributed by atoms with E-state index in [0.29, 0.717) is 16.9 Å². The number of nitrogens with two attached hydrogens (primary N) is 1. The Bertz CT molecular complexity index is 763. The van der Waals surface area contributed by atoms with Crippen molar-refractivity contribution in [2.45, 2.75) is 26.2 Å². The summed E-state index contributed by atoms with van der Waals surface area (Å²) < 4.78 is 0. The predicted molar refractivity (Wildman–Crippen MR) is 95.9 cm³/mol. The predicted octanol–water partition coefficient (Wildman–Crippen LogP) is 4.05. The van der Waals surface area contributed by atoms with Crippen LogP contribution in [0.1, 0.15) is 35.3 Å². The topological polar surface area (TPSA) is 78.9 Å². The minimum atomic E-state index is -0.634. The van der Waals surface area contributed by atoms with Gasteiger partial charge in [-0.3, -0.25) is 4.79 Å². The van der Waals surface area contributed by atoms with Crippen molar-refractivity contribution in [2.24, 2.45) is 0 Å². The molecule has 1 amide bonds. The Balaban J connectivity index is 0.00000264. The molecule has 0 aliphatic rings. The van der Waals surface area contributed by atoms with Gasteiger partial charge in [-0.1, -0.05) is 18.2 Å². The number of hydrogen-bond acceptors (Lipinski definition) is 3. The molecule has 0 spiro atoms. The highest BCUT2D eigenvalue weighted by atomic mass is 35.5. The first-order chi connectivity index (χ1) is 10.3. The van der Waals surface area contributed by atoms with Crippen molar-refractivity contribution in [1.29, 1.82) is 5.26 Å². The molecule has 0 saturated heterocycles. The number of nitrogen functional groups attached to an aromatic ring is 1. The number of halogens is 1. The van der Waals surface area contributed by atoms with E-state index in [2.05, 4.69) is 11.4 Å². The monoisotopic (exact) mass is 329 g/mol. The van der Waals surface area contributed by atoms with Gasteiger partial charge in [0, 0.05) is 16.9 Å². The Morgan fingerprint density at radius 1 is 1.22 bits per heavy atom. The number of anilines is 2. The van der Waals surface area contributed by atoms with Gasteiger partial charge in [-0.25, -0.2) is 0 Å². The maximum Gasteiger partial charge on any atom is 0.255 e. The molecular formula is C18H20ClN3O. The minimum absolute atomic E-state index is 0. The van der Waals surface area contributed by atoms with Crippen LogP contribution in [0.4, 0.5) is 11.4 Å². The van der Waals surface area contributed by atoms with Gasteiger partial charge in [0.1, 0.15) is 0 Å². The Kier molecular flexibility index (Phi) is 5.78. The van der Waals surface area contributed by atoms with E-state index in [1.165, 1.54) is 0 Å². The average molecular weight is 330 g/mol. The molecule has 0 unspecified atom stereocenters. The van der Waals surface area contributed by atoms with Crippen LogP contribution in [-0.2, 0) is 5.41 Å². The standard InChI is InChI=1S/C18H19N3O.ClH/c1-12-7-8-15(10-16(12)20)21-17(22)13-5-4-6-14(9-13)18(2,3)11-19;/h4-10H,20H2,1-3H3,(H,21,22);1H. The Morgan fingerprint density at radius 3 is 2.52 bits per heavy atom. The molecule has 0 bridgehead atoms. The Hall–Kier alpha value is -2.51. The highest BCUT2D eigenvalue weighted by Crippen LogP contribution is 2.23. The maximum atomic E-state index is 12.3. The number of amides is 1. The van der Waals surface area contributed by atoms with Crippen molar-refractivity contribution in [3.05, 3.63) is 59.2 Å². The molecule has 4 nitrogen and oxygen atoms in total. The number of rotatable bonds is 3. The number of aryl methyl sites for hydroxylation is 1. The van der Waals surface area contributed by atoms with Crippen LogP contribution < -0.4 is 11.1 Å². The number of benzene rings is 2. The number of hydrogen-bond donors (Lipinski definition) is 2. The van der Waals surface area contributed by atoms with Crippen molar-refractivity contribution in [1.82, 2.24) is 0 Å². The van der Waals surface area contributed by atoms with E-state index < -0.39 is 5.41 Å². The van der Waals surface area contributed by atoms with Gasteiger partial charge in [0.05, 0.1) is 11.5 Å². The molecule has 120 valence electrons. The van der Waals surface area contributed by atoms with Crippen molar-refractivity contribution in [3.8, 4) is 6.07 Å². The zero-order chi connectivity index (χ0) is 16.3. The zero-order valence-corrected chi connectivity index (χ0v) is 14.2. The summed E-state index contributed by atoms with van der Waals surface area (Å²) in [5.74, 6) is -0.223. The third-order valence-corrected chi connectivity index (χ3v) is 3.66. The van der Waals surface area contributed by atoms with Gasteiger partial charge in [-0.2, -0.15) is 5.26 Å². The van der Waals surface area contributed by atoms with Gasteiger partial charge in [0.15, 0.2) is 0 Å². The number of carbonyl (C=O) groups excluding carboxylic acids is 1. The molecule has 0 saturated carbocycles. The SMILES string of the molecule is Cc1ccc(NC(=O)c2cccc(C(C)(C)C#N)c2)cc1N.Cl. The molecule has 23 heavy (non-hydrogen) atoms. The molecule has 0 radical (unpaired) electrons. The number of nitrogens with one attached hydrogen (secondary N) is 1. The summed E-state index contributed by atoms with van der Waals surface area (Å²) in [4.78, 5) is 12.3. The molecule has 0 fully saturated rings. The molecule has 0 aliphatic carbocycles. The minimum Gasteiger partial charge on any atom is -0.398 e. The van der Waals surface area contributed by atoms with Gasteiger partial charge in [0.25, 0.3) is 5.91 Å². The van der Waals surface area contributed by atoms with Crippen molar-refractivity contribution in [2.75, 3.05) is 11.1 Å². The van der Waals surface area contributed by atoms with Gasteiger partial charge in [-0.05, 0) is 56.2 Å². The second-order valence-corrected chi connectivity index (χ2v) is 5.84.